The fourth-order valence-corrected chi connectivity index (χ4v) is 3.93. The summed E-state index contributed by atoms with van der Waals surface area (Å²) < 4.78 is 1.71. The lowest BCUT2D eigenvalue weighted by Crippen LogP contribution is -2.32. The van der Waals surface area contributed by atoms with Gasteiger partial charge in [0.15, 0.2) is 0 Å². The number of carboxylic acids is 1. The Balaban J connectivity index is 1.85. The summed E-state index contributed by atoms with van der Waals surface area (Å²) in [5.74, 6) is -1.85. The lowest BCUT2D eigenvalue weighted by molar-refractivity contribution is -0.138. The zero-order valence-electron chi connectivity index (χ0n) is 16.5. The van der Waals surface area contributed by atoms with Crippen molar-refractivity contribution in [1.82, 2.24) is 9.88 Å². The van der Waals surface area contributed by atoms with E-state index in [9.17, 15) is 19.8 Å². The number of amides is 1. The smallest absolute Gasteiger partial charge is 0.310 e. The molecule has 0 fully saturated rings. The van der Waals surface area contributed by atoms with Crippen LogP contribution in [0.1, 0.15) is 46.9 Å². The molecule has 0 aliphatic rings. The number of aryl methyl sites for hydroxylation is 1. The summed E-state index contributed by atoms with van der Waals surface area (Å²) in [7, 11) is 1.75. The van der Waals surface area contributed by atoms with Crippen LogP contribution < -0.4 is 5.32 Å². The molecule has 3 N–H and O–H groups in total. The van der Waals surface area contributed by atoms with Crippen molar-refractivity contribution in [3.8, 4) is 0 Å². The highest BCUT2D eigenvalue weighted by Crippen LogP contribution is 2.32. The molecule has 2 unspecified atom stereocenters. The summed E-state index contributed by atoms with van der Waals surface area (Å²) in [6, 6.07) is 11.3. The fourth-order valence-electron chi connectivity index (χ4n) is 3.55. The van der Waals surface area contributed by atoms with E-state index >= 15 is 0 Å². The number of hydrogen-bond donors (Lipinski definition) is 3. The van der Waals surface area contributed by atoms with Crippen LogP contribution in [0.4, 0.5) is 0 Å². The van der Waals surface area contributed by atoms with Crippen LogP contribution in [-0.4, -0.2) is 33.3 Å². The highest BCUT2D eigenvalue weighted by atomic mass is 35.5. The van der Waals surface area contributed by atoms with Crippen molar-refractivity contribution in [3.63, 3.8) is 0 Å². The Morgan fingerprint density at radius 2 is 1.73 bits per heavy atom. The van der Waals surface area contributed by atoms with Crippen LogP contribution >= 0.6 is 23.2 Å². The van der Waals surface area contributed by atoms with Crippen LogP contribution in [-0.2, 0) is 11.8 Å². The first-order chi connectivity index (χ1) is 14.3. The molecule has 0 saturated carbocycles. The number of nitrogens with zero attached hydrogens (tertiary/aromatic N) is 1. The molecule has 30 heavy (non-hydrogen) atoms. The maximum absolute atomic E-state index is 12.9. The summed E-state index contributed by atoms with van der Waals surface area (Å²) in [5, 5.41) is 23.4. The van der Waals surface area contributed by atoms with Crippen LogP contribution in [0, 0.1) is 0 Å². The standard InChI is InChI=1S/C22H22Cl2N2O4/c1-3-14(22(29)30)12-4-6-13(7-5-12)17(11-27)25-21(28)19-10-15-18(26(19)2)9-8-16(23)20(15)24/h4-10,14,17,27H,3,11H2,1-2H3,(H,25,28)(H,29,30). The molecule has 3 aromatic rings. The van der Waals surface area contributed by atoms with E-state index in [1.165, 1.54) is 0 Å². The third-order valence-electron chi connectivity index (χ3n) is 5.28. The van der Waals surface area contributed by atoms with Gasteiger partial charge in [-0.05, 0) is 35.7 Å². The van der Waals surface area contributed by atoms with Gasteiger partial charge in [-0.25, -0.2) is 0 Å². The number of carboxylic acid groups (broad SMARTS) is 1. The molecule has 2 aromatic carbocycles. The number of nitrogens with one attached hydrogen (secondary N) is 1. The number of rotatable bonds is 7. The molecule has 0 aliphatic heterocycles. The van der Waals surface area contributed by atoms with Gasteiger partial charge in [0.2, 0.25) is 0 Å². The minimum Gasteiger partial charge on any atom is -0.481 e. The molecular weight excluding hydrogens is 427 g/mol. The van der Waals surface area contributed by atoms with Crippen LogP contribution in [0.2, 0.25) is 10.0 Å². The minimum absolute atomic E-state index is 0.308. The average Bonchev–Trinajstić information content (AvgIpc) is 3.07. The number of aliphatic hydroxyl groups excluding tert-OH is 1. The van der Waals surface area contributed by atoms with Gasteiger partial charge in [-0.3, -0.25) is 9.59 Å². The largest absolute Gasteiger partial charge is 0.481 e. The van der Waals surface area contributed by atoms with Crippen LogP contribution in [0.15, 0.2) is 42.5 Å². The number of carbonyl (C=O) groups excluding carboxylic acids is 1. The third kappa shape index (κ3) is 4.17. The van der Waals surface area contributed by atoms with E-state index < -0.39 is 17.9 Å². The molecule has 2 atom stereocenters. The molecule has 3 rings (SSSR count). The Bertz CT molecular complexity index is 1090. The molecule has 1 aromatic heterocycles. The normalized spacial score (nSPS) is 13.2. The summed E-state index contributed by atoms with van der Waals surface area (Å²) in [5.41, 5.74) is 2.49. The fraction of sp³-hybridized carbons (Fsp3) is 0.273. The second-order valence-corrected chi connectivity index (χ2v) is 7.84. The maximum atomic E-state index is 12.9. The number of halogens is 2. The van der Waals surface area contributed by atoms with E-state index in [1.807, 2.05) is 6.92 Å². The predicted molar refractivity (Wildman–Crippen MR) is 117 cm³/mol. The summed E-state index contributed by atoms with van der Waals surface area (Å²) in [6.45, 7) is 1.50. The average molecular weight is 449 g/mol. The van der Waals surface area contributed by atoms with Crippen molar-refractivity contribution >= 4 is 46.0 Å². The molecule has 0 radical (unpaired) electrons. The topological polar surface area (TPSA) is 91.6 Å². The van der Waals surface area contributed by atoms with Crippen molar-refractivity contribution in [2.75, 3.05) is 6.61 Å². The Kier molecular flexibility index (Phi) is 6.71. The van der Waals surface area contributed by atoms with Crippen LogP contribution in [0.3, 0.4) is 0 Å². The van der Waals surface area contributed by atoms with Gasteiger partial charge < -0.3 is 20.1 Å². The molecule has 1 heterocycles. The number of fused-ring (bicyclic) bond motifs is 1. The zero-order valence-corrected chi connectivity index (χ0v) is 18.0. The van der Waals surface area contributed by atoms with E-state index in [4.69, 9.17) is 23.2 Å². The Morgan fingerprint density at radius 3 is 2.30 bits per heavy atom. The summed E-state index contributed by atoms with van der Waals surface area (Å²) in [4.78, 5) is 24.2. The molecule has 0 spiro atoms. The molecule has 0 aliphatic carbocycles. The van der Waals surface area contributed by atoms with E-state index in [2.05, 4.69) is 5.32 Å². The van der Waals surface area contributed by atoms with E-state index in [0.29, 0.717) is 38.7 Å². The monoisotopic (exact) mass is 448 g/mol. The first kappa shape index (κ1) is 22.2. The molecule has 1 amide bonds. The zero-order chi connectivity index (χ0) is 22.0. The maximum Gasteiger partial charge on any atom is 0.310 e. The molecule has 0 saturated heterocycles. The molecule has 6 nitrogen and oxygen atoms in total. The number of hydrogen-bond acceptors (Lipinski definition) is 3. The van der Waals surface area contributed by atoms with Crippen molar-refractivity contribution in [1.29, 1.82) is 0 Å². The van der Waals surface area contributed by atoms with Gasteiger partial charge in [0.05, 0.1) is 28.6 Å². The number of carbonyl (C=O) groups is 2. The minimum atomic E-state index is -0.883. The van der Waals surface area contributed by atoms with Gasteiger partial charge in [0.25, 0.3) is 5.91 Å². The Hall–Kier alpha value is -2.54. The summed E-state index contributed by atoms with van der Waals surface area (Å²) in [6.07, 6.45) is 0.475. The second-order valence-electron chi connectivity index (χ2n) is 7.06. The summed E-state index contributed by atoms with van der Waals surface area (Å²) >= 11 is 12.3. The van der Waals surface area contributed by atoms with Gasteiger partial charge in [-0.1, -0.05) is 54.4 Å². The number of aliphatic carboxylic acids is 1. The molecular formula is C22H22Cl2N2O4. The number of aromatic nitrogens is 1. The van der Waals surface area contributed by atoms with Gasteiger partial charge in [-0.15, -0.1) is 0 Å². The molecule has 0 bridgehead atoms. The van der Waals surface area contributed by atoms with E-state index in [-0.39, 0.29) is 12.5 Å². The first-order valence-electron chi connectivity index (χ1n) is 9.46. The predicted octanol–water partition coefficient (Wildman–Crippen LogP) is 4.53. The molecule has 158 valence electrons. The lowest BCUT2D eigenvalue weighted by Gasteiger charge is -2.18. The molecule has 8 heteroatoms. The highest BCUT2D eigenvalue weighted by molar-refractivity contribution is 6.45. The van der Waals surface area contributed by atoms with Gasteiger partial charge >= 0.3 is 5.97 Å². The van der Waals surface area contributed by atoms with E-state index in [0.717, 1.165) is 5.52 Å². The van der Waals surface area contributed by atoms with Gasteiger partial charge in [-0.2, -0.15) is 0 Å². The Labute approximate surface area is 184 Å². The van der Waals surface area contributed by atoms with Gasteiger partial charge in [0.1, 0.15) is 5.69 Å². The number of benzene rings is 2. The second kappa shape index (κ2) is 9.08. The SMILES string of the molecule is CCC(C(=O)O)c1ccc(C(CO)NC(=O)c2cc3c(Cl)c(Cl)ccc3n2C)cc1. The van der Waals surface area contributed by atoms with Crippen molar-refractivity contribution < 1.29 is 19.8 Å². The Morgan fingerprint density at radius 1 is 1.10 bits per heavy atom. The van der Waals surface area contributed by atoms with E-state index in [1.54, 1.807) is 54.1 Å². The third-order valence-corrected chi connectivity index (χ3v) is 6.10. The first-order valence-corrected chi connectivity index (χ1v) is 10.2. The van der Waals surface area contributed by atoms with Crippen LogP contribution in [0.5, 0.6) is 0 Å². The van der Waals surface area contributed by atoms with Crippen molar-refractivity contribution in [2.24, 2.45) is 7.05 Å². The number of aliphatic hydroxyl groups is 1. The van der Waals surface area contributed by atoms with Crippen LogP contribution in [0.25, 0.3) is 10.9 Å². The lowest BCUT2D eigenvalue weighted by atomic mass is 9.94. The highest BCUT2D eigenvalue weighted by Gasteiger charge is 2.21. The van der Waals surface area contributed by atoms with Gasteiger partial charge in [0, 0.05) is 18.0 Å². The quantitative estimate of drug-likeness (QED) is 0.495. The van der Waals surface area contributed by atoms with Crippen molar-refractivity contribution in [3.05, 3.63) is 69.3 Å². The van der Waals surface area contributed by atoms with Crippen molar-refractivity contribution in [2.45, 2.75) is 25.3 Å².